The Labute approximate surface area is 140 Å². The molecule has 0 spiro atoms. The van der Waals surface area contributed by atoms with Gasteiger partial charge in [0, 0.05) is 0 Å². The maximum Gasteiger partial charge on any atom is 0.221 e. The lowest BCUT2D eigenvalue weighted by Crippen LogP contribution is -2.23. The van der Waals surface area contributed by atoms with Crippen LogP contribution in [0.2, 0.25) is 0 Å². The summed E-state index contributed by atoms with van der Waals surface area (Å²) in [5.41, 5.74) is 1.13. The lowest BCUT2D eigenvalue weighted by Gasteiger charge is -2.16. The van der Waals surface area contributed by atoms with E-state index < -0.39 is 6.29 Å². The molecule has 0 aliphatic rings. The van der Waals surface area contributed by atoms with Crippen molar-refractivity contribution in [2.75, 3.05) is 19.8 Å². The van der Waals surface area contributed by atoms with Gasteiger partial charge in [0.2, 0.25) is 6.29 Å². The van der Waals surface area contributed by atoms with Crippen LogP contribution in [0.25, 0.3) is 0 Å². The molecule has 0 aliphatic heterocycles. The van der Waals surface area contributed by atoms with E-state index in [9.17, 15) is 5.11 Å². The third-order valence-corrected chi connectivity index (χ3v) is 3.78. The second-order valence-corrected chi connectivity index (χ2v) is 5.85. The molecule has 1 aromatic carbocycles. The fourth-order valence-corrected chi connectivity index (χ4v) is 2.53. The third-order valence-electron chi connectivity index (χ3n) is 3.78. The molecule has 132 valence electrons. The van der Waals surface area contributed by atoms with Crippen molar-refractivity contribution in [1.82, 2.24) is 0 Å². The maximum atomic E-state index is 9.82. The van der Waals surface area contributed by atoms with Crippen molar-refractivity contribution in [2.45, 2.75) is 64.6 Å². The second-order valence-electron chi connectivity index (χ2n) is 5.85. The lowest BCUT2D eigenvalue weighted by molar-refractivity contribution is -0.0813. The average molecular weight is 324 g/mol. The van der Waals surface area contributed by atoms with Gasteiger partial charge in [-0.1, -0.05) is 63.6 Å². The summed E-state index contributed by atoms with van der Waals surface area (Å²) in [5.74, 6) is 0.721. The molecule has 4 heteroatoms. The number of unbranched alkanes of at least 4 members (excludes halogenated alkanes) is 6. The zero-order valence-corrected chi connectivity index (χ0v) is 14.4. The van der Waals surface area contributed by atoms with E-state index in [0.29, 0.717) is 0 Å². The molecular formula is C19H32O4. The maximum absolute atomic E-state index is 9.82. The van der Waals surface area contributed by atoms with Gasteiger partial charge < -0.3 is 19.7 Å². The predicted molar refractivity (Wildman–Crippen MR) is 92.7 cm³/mol. The van der Waals surface area contributed by atoms with Crippen LogP contribution >= 0.6 is 0 Å². The fraction of sp³-hybridized carbons (Fsp3) is 0.684. The number of benzene rings is 1. The van der Waals surface area contributed by atoms with Gasteiger partial charge in [-0.2, -0.15) is 0 Å². The van der Waals surface area contributed by atoms with E-state index in [4.69, 9.17) is 14.6 Å². The standard InChI is InChI=1S/C19H32O4/c1-2-3-4-5-6-7-8-11-17-12-9-10-13-18(17)23-19(21)16-22-15-14-20/h9-10,12-13,19-21H,2-8,11,14-16H2,1H3. The monoisotopic (exact) mass is 324 g/mol. The van der Waals surface area contributed by atoms with E-state index in [1.807, 2.05) is 24.3 Å². The first-order chi connectivity index (χ1) is 11.3. The number of aryl methyl sites for hydroxylation is 1. The minimum absolute atomic E-state index is 0.0540. The molecular weight excluding hydrogens is 292 g/mol. The molecule has 0 aromatic heterocycles. The average Bonchev–Trinajstić information content (AvgIpc) is 2.55. The molecule has 0 bridgehead atoms. The summed E-state index contributed by atoms with van der Waals surface area (Å²) in [6, 6.07) is 7.84. The molecule has 0 saturated heterocycles. The van der Waals surface area contributed by atoms with E-state index in [1.54, 1.807) is 0 Å². The SMILES string of the molecule is CCCCCCCCCc1ccccc1OC(O)COCCO. The van der Waals surface area contributed by atoms with Crippen molar-refractivity contribution in [2.24, 2.45) is 0 Å². The lowest BCUT2D eigenvalue weighted by atomic mass is 10.0. The van der Waals surface area contributed by atoms with E-state index in [2.05, 4.69) is 6.92 Å². The number of para-hydroxylation sites is 1. The van der Waals surface area contributed by atoms with E-state index >= 15 is 0 Å². The molecule has 1 unspecified atom stereocenters. The van der Waals surface area contributed by atoms with Gasteiger partial charge in [-0.3, -0.25) is 0 Å². The predicted octanol–water partition coefficient (Wildman–Crippen LogP) is 3.69. The van der Waals surface area contributed by atoms with Gasteiger partial charge in [-0.25, -0.2) is 0 Å². The van der Waals surface area contributed by atoms with Crippen molar-refractivity contribution in [3.05, 3.63) is 29.8 Å². The van der Waals surface area contributed by atoms with Gasteiger partial charge >= 0.3 is 0 Å². The molecule has 1 aromatic rings. The van der Waals surface area contributed by atoms with Crippen molar-refractivity contribution < 1.29 is 19.7 Å². The van der Waals surface area contributed by atoms with Crippen molar-refractivity contribution in [1.29, 1.82) is 0 Å². The van der Waals surface area contributed by atoms with Gasteiger partial charge in [-0.15, -0.1) is 0 Å². The summed E-state index contributed by atoms with van der Waals surface area (Å²) in [7, 11) is 0. The normalized spacial score (nSPS) is 12.3. The summed E-state index contributed by atoms with van der Waals surface area (Å²) in [6.07, 6.45) is 8.93. The minimum atomic E-state index is -1.00. The summed E-state index contributed by atoms with van der Waals surface area (Å²) in [6.45, 7) is 2.45. The highest BCUT2D eigenvalue weighted by Gasteiger charge is 2.09. The van der Waals surface area contributed by atoms with Crippen LogP contribution in [0, 0.1) is 0 Å². The molecule has 4 nitrogen and oxygen atoms in total. The second kappa shape index (κ2) is 13.3. The number of aliphatic hydroxyl groups is 2. The topological polar surface area (TPSA) is 58.9 Å². The Morgan fingerprint density at radius 1 is 1.00 bits per heavy atom. The Hall–Kier alpha value is -1.10. The van der Waals surface area contributed by atoms with Crippen LogP contribution in [0.1, 0.15) is 57.4 Å². The van der Waals surface area contributed by atoms with Gasteiger partial charge in [0.15, 0.2) is 0 Å². The largest absolute Gasteiger partial charge is 0.462 e. The van der Waals surface area contributed by atoms with Gasteiger partial charge in [0.05, 0.1) is 13.2 Å². The molecule has 0 amide bonds. The molecule has 0 saturated carbocycles. The van der Waals surface area contributed by atoms with E-state index in [-0.39, 0.29) is 19.8 Å². The van der Waals surface area contributed by atoms with Gasteiger partial charge in [0.25, 0.3) is 0 Å². The summed E-state index contributed by atoms with van der Waals surface area (Å²) in [5, 5.41) is 18.5. The molecule has 1 rings (SSSR count). The molecule has 0 heterocycles. The highest BCUT2D eigenvalue weighted by molar-refractivity contribution is 5.33. The number of ether oxygens (including phenoxy) is 2. The van der Waals surface area contributed by atoms with Crippen LogP contribution in [0.3, 0.4) is 0 Å². The van der Waals surface area contributed by atoms with Crippen molar-refractivity contribution >= 4 is 0 Å². The Bertz CT molecular complexity index is 395. The van der Waals surface area contributed by atoms with E-state index in [1.165, 1.54) is 38.5 Å². The first-order valence-corrected chi connectivity index (χ1v) is 8.89. The summed E-state index contributed by atoms with van der Waals surface area (Å²) in [4.78, 5) is 0. The summed E-state index contributed by atoms with van der Waals surface area (Å²) >= 11 is 0. The molecule has 0 radical (unpaired) electrons. The van der Waals surface area contributed by atoms with Crippen LogP contribution < -0.4 is 4.74 Å². The Morgan fingerprint density at radius 2 is 1.70 bits per heavy atom. The highest BCUT2D eigenvalue weighted by Crippen LogP contribution is 2.21. The highest BCUT2D eigenvalue weighted by atomic mass is 16.6. The quantitative estimate of drug-likeness (QED) is 0.405. The third kappa shape index (κ3) is 9.59. The number of hydrogen-bond donors (Lipinski definition) is 2. The Morgan fingerprint density at radius 3 is 2.43 bits per heavy atom. The van der Waals surface area contributed by atoms with Crippen LogP contribution in [-0.2, 0) is 11.2 Å². The fourth-order valence-electron chi connectivity index (χ4n) is 2.53. The first kappa shape index (κ1) is 19.9. The molecule has 2 N–H and O–H groups in total. The zero-order chi connectivity index (χ0) is 16.8. The van der Waals surface area contributed by atoms with Crippen LogP contribution in [0.15, 0.2) is 24.3 Å². The first-order valence-electron chi connectivity index (χ1n) is 8.89. The van der Waals surface area contributed by atoms with Gasteiger partial charge in [-0.05, 0) is 24.5 Å². The minimum Gasteiger partial charge on any atom is -0.462 e. The van der Waals surface area contributed by atoms with E-state index in [0.717, 1.165) is 24.2 Å². The molecule has 1 atom stereocenters. The zero-order valence-electron chi connectivity index (χ0n) is 14.4. The Balaban J connectivity index is 2.29. The summed E-state index contributed by atoms with van der Waals surface area (Å²) < 4.78 is 10.6. The smallest absolute Gasteiger partial charge is 0.221 e. The van der Waals surface area contributed by atoms with Crippen molar-refractivity contribution in [3.8, 4) is 5.75 Å². The number of rotatable bonds is 14. The number of aliphatic hydroxyl groups excluding tert-OH is 2. The van der Waals surface area contributed by atoms with Crippen molar-refractivity contribution in [3.63, 3.8) is 0 Å². The molecule has 0 aliphatic carbocycles. The van der Waals surface area contributed by atoms with Crippen LogP contribution in [0.4, 0.5) is 0 Å². The number of hydrogen-bond acceptors (Lipinski definition) is 4. The molecule has 23 heavy (non-hydrogen) atoms. The van der Waals surface area contributed by atoms with Gasteiger partial charge in [0.1, 0.15) is 12.4 Å². The Kier molecular flexibility index (Phi) is 11.6. The molecule has 0 fully saturated rings. The van der Waals surface area contributed by atoms with Crippen LogP contribution in [-0.4, -0.2) is 36.3 Å². The van der Waals surface area contributed by atoms with Crippen LogP contribution in [0.5, 0.6) is 5.75 Å².